The van der Waals surface area contributed by atoms with Crippen LogP contribution in [0.4, 0.5) is 0 Å². The van der Waals surface area contributed by atoms with Crippen LogP contribution in [0.1, 0.15) is 37.7 Å². The summed E-state index contributed by atoms with van der Waals surface area (Å²) >= 11 is 0. The molecule has 5 heteroatoms. The number of hydrogen-bond acceptors (Lipinski definition) is 3. The first-order valence-electron chi connectivity index (χ1n) is 8.00. The maximum Gasteiger partial charge on any atom is 0.303 e. The summed E-state index contributed by atoms with van der Waals surface area (Å²) in [7, 11) is 0. The second-order valence-corrected chi connectivity index (χ2v) is 5.74. The highest BCUT2D eigenvalue weighted by Crippen LogP contribution is 2.20. The van der Waals surface area contributed by atoms with Crippen molar-refractivity contribution >= 4 is 11.9 Å². The van der Waals surface area contributed by atoms with Gasteiger partial charge in [-0.2, -0.15) is 0 Å². The number of amides is 1. The number of benzene rings is 1. The van der Waals surface area contributed by atoms with E-state index in [-0.39, 0.29) is 12.3 Å². The third-order valence-corrected chi connectivity index (χ3v) is 3.78. The van der Waals surface area contributed by atoms with E-state index in [2.05, 4.69) is 17.5 Å². The average molecular weight is 317 g/mol. The van der Waals surface area contributed by atoms with Gasteiger partial charge in [-0.05, 0) is 42.9 Å². The van der Waals surface area contributed by atoms with Gasteiger partial charge in [-0.15, -0.1) is 0 Å². The molecular weight excluding hydrogens is 294 g/mol. The van der Waals surface area contributed by atoms with Gasteiger partial charge in [0.2, 0.25) is 5.91 Å². The number of allylic oxidation sites excluding steroid dienone is 2. The zero-order valence-electron chi connectivity index (χ0n) is 13.2. The van der Waals surface area contributed by atoms with Crippen LogP contribution in [0.2, 0.25) is 0 Å². The monoisotopic (exact) mass is 317 g/mol. The number of aliphatic carboxylic acids is 1. The number of carboxylic acids is 1. The number of rotatable bonds is 9. The molecule has 1 aromatic rings. The summed E-state index contributed by atoms with van der Waals surface area (Å²) in [5, 5.41) is 11.5. The fraction of sp³-hybridized carbons (Fsp3) is 0.444. The molecule has 0 bridgehead atoms. The zero-order chi connectivity index (χ0) is 16.5. The van der Waals surface area contributed by atoms with E-state index in [1.54, 1.807) is 0 Å². The molecular formula is C18H23NO4. The Balaban J connectivity index is 1.66. The van der Waals surface area contributed by atoms with Crippen molar-refractivity contribution in [2.24, 2.45) is 5.92 Å². The van der Waals surface area contributed by atoms with Crippen molar-refractivity contribution in [2.45, 2.75) is 38.6 Å². The molecule has 2 N–H and O–H groups in total. The Kier molecular flexibility index (Phi) is 6.66. The molecule has 0 fully saturated rings. The molecule has 1 amide bonds. The molecule has 0 heterocycles. The molecule has 0 radical (unpaired) electrons. The van der Waals surface area contributed by atoms with Gasteiger partial charge in [-0.1, -0.05) is 24.3 Å². The van der Waals surface area contributed by atoms with Crippen molar-refractivity contribution in [1.82, 2.24) is 5.32 Å². The van der Waals surface area contributed by atoms with Gasteiger partial charge in [-0.25, -0.2) is 0 Å². The summed E-state index contributed by atoms with van der Waals surface area (Å²) in [4.78, 5) is 22.2. The van der Waals surface area contributed by atoms with Crippen LogP contribution < -0.4 is 10.1 Å². The maximum atomic E-state index is 11.9. The van der Waals surface area contributed by atoms with Crippen LogP contribution >= 0.6 is 0 Å². The van der Waals surface area contributed by atoms with Crippen LogP contribution in [0.25, 0.3) is 0 Å². The lowest BCUT2D eigenvalue weighted by molar-refractivity contribution is -0.137. The van der Waals surface area contributed by atoms with Gasteiger partial charge in [0, 0.05) is 19.4 Å². The minimum atomic E-state index is -0.812. The topological polar surface area (TPSA) is 75.6 Å². The summed E-state index contributed by atoms with van der Waals surface area (Å²) in [6, 6.07) is 7.48. The maximum absolute atomic E-state index is 11.9. The first kappa shape index (κ1) is 17.1. The van der Waals surface area contributed by atoms with Crippen LogP contribution in [-0.2, 0) is 16.1 Å². The summed E-state index contributed by atoms with van der Waals surface area (Å²) in [5.41, 5.74) is 1.01. The predicted molar refractivity (Wildman–Crippen MR) is 87.1 cm³/mol. The Hall–Kier alpha value is -2.30. The van der Waals surface area contributed by atoms with Crippen LogP contribution in [-0.4, -0.2) is 23.6 Å². The molecule has 1 aromatic carbocycles. The first-order valence-corrected chi connectivity index (χ1v) is 8.00. The summed E-state index contributed by atoms with van der Waals surface area (Å²) < 4.78 is 5.47. The lowest BCUT2D eigenvalue weighted by Gasteiger charge is -2.10. The second kappa shape index (κ2) is 8.98. The number of carboxylic acid groups (broad SMARTS) is 1. The Morgan fingerprint density at radius 2 is 2.04 bits per heavy atom. The Morgan fingerprint density at radius 3 is 2.70 bits per heavy atom. The van der Waals surface area contributed by atoms with E-state index >= 15 is 0 Å². The predicted octanol–water partition coefficient (Wildman–Crippen LogP) is 2.90. The van der Waals surface area contributed by atoms with E-state index in [4.69, 9.17) is 9.84 Å². The third-order valence-electron chi connectivity index (χ3n) is 3.78. The fourth-order valence-corrected chi connectivity index (χ4v) is 2.49. The standard InChI is InChI=1S/C18H23NO4/c20-17(12-14-4-1-2-5-14)19-13-15-7-9-16(10-8-15)23-11-3-6-18(21)22/h1,4,7-10,14H,2-3,5-6,11-13H2,(H,19,20)(H,21,22). The second-order valence-electron chi connectivity index (χ2n) is 5.74. The van der Waals surface area contributed by atoms with Crippen molar-refractivity contribution < 1.29 is 19.4 Å². The zero-order valence-corrected chi connectivity index (χ0v) is 13.2. The third kappa shape index (κ3) is 6.55. The molecule has 0 saturated heterocycles. The summed E-state index contributed by atoms with van der Waals surface area (Å²) in [6.07, 6.45) is 7.56. The molecule has 2 rings (SSSR count). The molecule has 1 aliphatic rings. The van der Waals surface area contributed by atoms with Crippen LogP contribution in [0.5, 0.6) is 5.75 Å². The van der Waals surface area contributed by atoms with Gasteiger partial charge in [0.05, 0.1) is 6.61 Å². The minimum absolute atomic E-state index is 0.0792. The normalized spacial score (nSPS) is 16.3. The molecule has 1 unspecified atom stereocenters. The van der Waals surface area contributed by atoms with Gasteiger partial charge in [0.25, 0.3) is 0 Å². The van der Waals surface area contributed by atoms with Crippen molar-refractivity contribution in [3.8, 4) is 5.75 Å². The Labute approximate surface area is 136 Å². The summed E-state index contributed by atoms with van der Waals surface area (Å²) in [6.45, 7) is 0.895. The summed E-state index contributed by atoms with van der Waals surface area (Å²) in [5.74, 6) is 0.362. The Morgan fingerprint density at radius 1 is 1.26 bits per heavy atom. The molecule has 1 atom stereocenters. The van der Waals surface area contributed by atoms with E-state index in [1.165, 1.54) is 0 Å². The van der Waals surface area contributed by atoms with Gasteiger partial charge in [-0.3, -0.25) is 9.59 Å². The van der Waals surface area contributed by atoms with Crippen LogP contribution in [0, 0.1) is 5.92 Å². The highest BCUT2D eigenvalue weighted by atomic mass is 16.5. The Bertz CT molecular complexity index is 551. The van der Waals surface area contributed by atoms with Gasteiger partial charge in [0.1, 0.15) is 5.75 Å². The van der Waals surface area contributed by atoms with E-state index < -0.39 is 5.97 Å². The molecule has 5 nitrogen and oxygen atoms in total. The number of hydrogen-bond donors (Lipinski definition) is 2. The lowest BCUT2D eigenvalue weighted by atomic mass is 10.1. The number of carbonyl (C=O) groups is 2. The minimum Gasteiger partial charge on any atom is -0.494 e. The van der Waals surface area contributed by atoms with Crippen LogP contribution in [0.15, 0.2) is 36.4 Å². The average Bonchev–Trinajstić information content (AvgIpc) is 3.03. The van der Waals surface area contributed by atoms with Crippen LogP contribution in [0.3, 0.4) is 0 Å². The largest absolute Gasteiger partial charge is 0.494 e. The quantitative estimate of drug-likeness (QED) is 0.542. The highest BCUT2D eigenvalue weighted by molar-refractivity contribution is 5.76. The van der Waals surface area contributed by atoms with E-state index in [9.17, 15) is 9.59 Å². The van der Waals surface area contributed by atoms with Crippen molar-refractivity contribution in [1.29, 1.82) is 0 Å². The van der Waals surface area contributed by atoms with E-state index in [0.717, 1.165) is 18.4 Å². The number of carbonyl (C=O) groups excluding carboxylic acids is 1. The molecule has 0 saturated carbocycles. The molecule has 0 aromatic heterocycles. The van der Waals surface area contributed by atoms with Gasteiger partial charge < -0.3 is 15.2 Å². The fourth-order valence-electron chi connectivity index (χ4n) is 2.49. The van der Waals surface area contributed by atoms with E-state index in [0.29, 0.717) is 37.7 Å². The lowest BCUT2D eigenvalue weighted by Crippen LogP contribution is -2.24. The number of ether oxygens (including phenoxy) is 1. The number of nitrogens with one attached hydrogen (secondary N) is 1. The molecule has 1 aliphatic carbocycles. The molecule has 0 spiro atoms. The van der Waals surface area contributed by atoms with Crippen molar-refractivity contribution in [3.05, 3.63) is 42.0 Å². The smallest absolute Gasteiger partial charge is 0.303 e. The van der Waals surface area contributed by atoms with E-state index in [1.807, 2.05) is 24.3 Å². The highest BCUT2D eigenvalue weighted by Gasteiger charge is 2.13. The molecule has 124 valence electrons. The first-order chi connectivity index (χ1) is 11.1. The SMILES string of the molecule is O=C(O)CCCOc1ccc(CNC(=O)CC2C=CCC2)cc1. The van der Waals surface area contributed by atoms with Gasteiger partial charge in [0.15, 0.2) is 0 Å². The van der Waals surface area contributed by atoms with Gasteiger partial charge >= 0.3 is 5.97 Å². The molecule has 0 aliphatic heterocycles. The van der Waals surface area contributed by atoms with Crippen molar-refractivity contribution in [3.63, 3.8) is 0 Å². The molecule has 23 heavy (non-hydrogen) atoms. The van der Waals surface area contributed by atoms with Crippen molar-refractivity contribution in [2.75, 3.05) is 6.61 Å².